The Morgan fingerprint density at radius 1 is 1.08 bits per heavy atom. The lowest BCUT2D eigenvalue weighted by Crippen LogP contribution is -2.36. The Labute approximate surface area is 152 Å². The second kappa shape index (κ2) is 7.02. The third kappa shape index (κ3) is 3.85. The molecule has 4 nitrogen and oxygen atoms in total. The molecule has 0 aliphatic carbocycles. The SMILES string of the molecule is FC(F)(F)c1cc(CN2CCC3(CCNC3)C2)cc(N2CCOCC2)c1. The van der Waals surface area contributed by atoms with Gasteiger partial charge in [-0.3, -0.25) is 4.90 Å². The number of rotatable bonds is 3. The molecule has 144 valence electrons. The molecule has 1 atom stereocenters. The van der Waals surface area contributed by atoms with Gasteiger partial charge >= 0.3 is 6.18 Å². The summed E-state index contributed by atoms with van der Waals surface area (Å²) in [6.07, 6.45) is -2.01. The van der Waals surface area contributed by atoms with Gasteiger partial charge in [0.2, 0.25) is 0 Å². The number of halogens is 3. The van der Waals surface area contributed by atoms with E-state index < -0.39 is 11.7 Å². The van der Waals surface area contributed by atoms with Gasteiger partial charge in [0.25, 0.3) is 0 Å². The first kappa shape index (κ1) is 18.1. The average molecular weight is 369 g/mol. The van der Waals surface area contributed by atoms with Crippen LogP contribution >= 0.6 is 0 Å². The number of morpholine rings is 1. The van der Waals surface area contributed by atoms with Crippen molar-refractivity contribution in [2.75, 3.05) is 57.4 Å². The van der Waals surface area contributed by atoms with Gasteiger partial charge in [-0.15, -0.1) is 0 Å². The maximum atomic E-state index is 13.4. The molecule has 3 saturated heterocycles. The van der Waals surface area contributed by atoms with E-state index in [4.69, 9.17) is 4.74 Å². The molecular formula is C19H26F3N3O. The zero-order chi connectivity index (χ0) is 18.2. The maximum Gasteiger partial charge on any atom is 0.416 e. The Balaban J connectivity index is 1.54. The number of hydrogen-bond acceptors (Lipinski definition) is 4. The van der Waals surface area contributed by atoms with Gasteiger partial charge in [-0.25, -0.2) is 0 Å². The minimum Gasteiger partial charge on any atom is -0.378 e. The van der Waals surface area contributed by atoms with Crippen molar-refractivity contribution in [1.82, 2.24) is 10.2 Å². The fourth-order valence-corrected chi connectivity index (χ4v) is 4.50. The second-order valence-corrected chi connectivity index (χ2v) is 7.87. The Morgan fingerprint density at radius 3 is 2.58 bits per heavy atom. The van der Waals surface area contributed by atoms with E-state index in [1.165, 1.54) is 18.6 Å². The minimum absolute atomic E-state index is 0.328. The number of likely N-dealkylation sites (tertiary alicyclic amines) is 1. The Kier molecular flexibility index (Phi) is 4.88. The van der Waals surface area contributed by atoms with Crippen LogP contribution in [0.5, 0.6) is 0 Å². The molecule has 0 aromatic heterocycles. The van der Waals surface area contributed by atoms with E-state index in [0.717, 1.165) is 38.2 Å². The number of nitrogens with one attached hydrogen (secondary N) is 1. The minimum atomic E-state index is -4.32. The summed E-state index contributed by atoms with van der Waals surface area (Å²) in [6.45, 7) is 7.01. The second-order valence-electron chi connectivity index (χ2n) is 7.87. The third-order valence-corrected chi connectivity index (χ3v) is 5.94. The van der Waals surface area contributed by atoms with Crippen LogP contribution < -0.4 is 10.2 Å². The highest BCUT2D eigenvalue weighted by molar-refractivity contribution is 5.52. The summed E-state index contributed by atoms with van der Waals surface area (Å²) in [4.78, 5) is 4.31. The molecule has 0 bridgehead atoms. The van der Waals surface area contributed by atoms with Crippen LogP contribution in [0.25, 0.3) is 0 Å². The van der Waals surface area contributed by atoms with Crippen molar-refractivity contribution in [2.45, 2.75) is 25.6 Å². The fourth-order valence-electron chi connectivity index (χ4n) is 4.50. The van der Waals surface area contributed by atoms with Gasteiger partial charge in [-0.1, -0.05) is 0 Å². The third-order valence-electron chi connectivity index (χ3n) is 5.94. The molecule has 7 heteroatoms. The number of ether oxygens (including phenoxy) is 1. The number of benzene rings is 1. The summed E-state index contributed by atoms with van der Waals surface area (Å²) in [7, 11) is 0. The summed E-state index contributed by atoms with van der Waals surface area (Å²) >= 11 is 0. The lowest BCUT2D eigenvalue weighted by Gasteiger charge is -2.30. The van der Waals surface area contributed by atoms with Crippen LogP contribution in [0.3, 0.4) is 0 Å². The van der Waals surface area contributed by atoms with Gasteiger partial charge in [0.1, 0.15) is 0 Å². The smallest absolute Gasteiger partial charge is 0.378 e. The van der Waals surface area contributed by atoms with Crippen LogP contribution in [-0.4, -0.2) is 57.4 Å². The van der Waals surface area contributed by atoms with Crippen molar-refractivity contribution in [3.63, 3.8) is 0 Å². The molecular weight excluding hydrogens is 343 g/mol. The molecule has 1 spiro atoms. The molecule has 26 heavy (non-hydrogen) atoms. The van der Waals surface area contributed by atoms with Crippen molar-refractivity contribution >= 4 is 5.69 Å². The first-order valence-corrected chi connectivity index (χ1v) is 9.41. The van der Waals surface area contributed by atoms with Crippen LogP contribution in [0.4, 0.5) is 18.9 Å². The van der Waals surface area contributed by atoms with E-state index in [-0.39, 0.29) is 0 Å². The highest BCUT2D eigenvalue weighted by Crippen LogP contribution is 2.38. The summed E-state index contributed by atoms with van der Waals surface area (Å²) in [6, 6.07) is 4.53. The van der Waals surface area contributed by atoms with Gasteiger partial charge < -0.3 is 15.0 Å². The summed E-state index contributed by atoms with van der Waals surface area (Å²) < 4.78 is 45.5. The van der Waals surface area contributed by atoms with Crippen molar-refractivity contribution < 1.29 is 17.9 Å². The lowest BCUT2D eigenvalue weighted by molar-refractivity contribution is -0.137. The number of nitrogens with zero attached hydrogens (tertiary/aromatic N) is 2. The standard InChI is InChI=1S/C19H26F3N3O/c20-19(21,22)16-9-15(10-17(11-16)25-5-7-26-8-6-25)12-24-4-2-18(14-24)1-3-23-13-18/h9-11,23H,1-8,12-14H2. The number of alkyl halides is 3. The Morgan fingerprint density at radius 2 is 1.88 bits per heavy atom. The molecule has 1 aromatic rings. The normalized spacial score (nSPS) is 27.6. The zero-order valence-electron chi connectivity index (χ0n) is 14.9. The van der Waals surface area contributed by atoms with Crippen LogP contribution in [0.1, 0.15) is 24.0 Å². The van der Waals surface area contributed by atoms with Gasteiger partial charge in [-0.05, 0) is 55.1 Å². The highest BCUT2D eigenvalue weighted by Gasteiger charge is 2.40. The predicted octanol–water partition coefficient (Wildman–Crippen LogP) is 2.73. The van der Waals surface area contributed by atoms with E-state index in [2.05, 4.69) is 10.2 Å². The topological polar surface area (TPSA) is 27.7 Å². The predicted molar refractivity (Wildman–Crippen MR) is 94.3 cm³/mol. The highest BCUT2D eigenvalue weighted by atomic mass is 19.4. The number of anilines is 1. The van der Waals surface area contributed by atoms with E-state index in [1.807, 2.05) is 11.0 Å². The maximum absolute atomic E-state index is 13.4. The van der Waals surface area contributed by atoms with Crippen molar-refractivity contribution in [3.05, 3.63) is 29.3 Å². The van der Waals surface area contributed by atoms with Crippen LogP contribution in [-0.2, 0) is 17.5 Å². The monoisotopic (exact) mass is 369 g/mol. The van der Waals surface area contributed by atoms with Gasteiger partial charge in [0.15, 0.2) is 0 Å². The summed E-state index contributed by atoms with van der Waals surface area (Å²) in [5, 5.41) is 3.43. The lowest BCUT2D eigenvalue weighted by atomic mass is 9.86. The van der Waals surface area contributed by atoms with Crippen molar-refractivity contribution in [3.8, 4) is 0 Å². The molecule has 4 rings (SSSR count). The Hall–Kier alpha value is -1.31. The molecule has 3 aliphatic rings. The van der Waals surface area contributed by atoms with Gasteiger partial charge in [0, 0.05) is 38.4 Å². The summed E-state index contributed by atoms with van der Waals surface area (Å²) in [5.41, 5.74) is 1.20. The van der Waals surface area contributed by atoms with Crippen molar-refractivity contribution in [2.24, 2.45) is 5.41 Å². The average Bonchev–Trinajstić information content (AvgIpc) is 3.24. The number of hydrogen-bond donors (Lipinski definition) is 1. The van der Waals surface area contributed by atoms with E-state index in [1.54, 1.807) is 0 Å². The molecule has 0 radical (unpaired) electrons. The largest absolute Gasteiger partial charge is 0.416 e. The van der Waals surface area contributed by atoms with E-state index in [0.29, 0.717) is 44.0 Å². The zero-order valence-corrected chi connectivity index (χ0v) is 14.9. The quantitative estimate of drug-likeness (QED) is 0.887. The van der Waals surface area contributed by atoms with Crippen LogP contribution in [0.2, 0.25) is 0 Å². The molecule has 1 aromatic carbocycles. The molecule has 3 heterocycles. The molecule has 3 fully saturated rings. The summed E-state index contributed by atoms with van der Waals surface area (Å²) in [5.74, 6) is 0. The first-order valence-electron chi connectivity index (χ1n) is 9.41. The molecule has 0 amide bonds. The molecule has 1 unspecified atom stereocenters. The van der Waals surface area contributed by atoms with E-state index >= 15 is 0 Å². The molecule has 3 aliphatic heterocycles. The first-order chi connectivity index (χ1) is 12.4. The van der Waals surface area contributed by atoms with Crippen LogP contribution in [0, 0.1) is 5.41 Å². The van der Waals surface area contributed by atoms with Gasteiger partial charge in [-0.2, -0.15) is 13.2 Å². The van der Waals surface area contributed by atoms with Crippen molar-refractivity contribution in [1.29, 1.82) is 0 Å². The van der Waals surface area contributed by atoms with Gasteiger partial charge in [0.05, 0.1) is 18.8 Å². The Bertz CT molecular complexity index is 637. The fraction of sp³-hybridized carbons (Fsp3) is 0.684. The molecule has 0 saturated carbocycles. The van der Waals surface area contributed by atoms with Crippen LogP contribution in [0.15, 0.2) is 18.2 Å². The molecule has 1 N–H and O–H groups in total. The van der Waals surface area contributed by atoms with E-state index in [9.17, 15) is 13.2 Å².